The van der Waals surface area contributed by atoms with Crippen LogP contribution in [0.3, 0.4) is 0 Å². The van der Waals surface area contributed by atoms with Gasteiger partial charge in [0.2, 0.25) is 0 Å². The van der Waals surface area contributed by atoms with Gasteiger partial charge in [-0.1, -0.05) is 6.07 Å². The Morgan fingerprint density at radius 1 is 1.53 bits per heavy atom. The Morgan fingerprint density at radius 2 is 2.20 bits per heavy atom. The molecular formula is C10H14N2O3. The Kier molecular flexibility index (Phi) is 3.62. The fourth-order valence-electron chi connectivity index (χ4n) is 1.36. The summed E-state index contributed by atoms with van der Waals surface area (Å²) in [7, 11) is 0. The first-order chi connectivity index (χ1) is 7.06. The summed E-state index contributed by atoms with van der Waals surface area (Å²) in [6.07, 6.45) is -0.0607. The smallest absolute Gasteiger partial charge is 0.305 e. The molecule has 0 fully saturated rings. The number of aliphatic carboxylic acids is 1. The van der Waals surface area contributed by atoms with E-state index in [9.17, 15) is 9.59 Å². The predicted molar refractivity (Wildman–Crippen MR) is 55.6 cm³/mol. The van der Waals surface area contributed by atoms with E-state index >= 15 is 0 Å². The lowest BCUT2D eigenvalue weighted by molar-refractivity contribution is -0.137. The Labute approximate surface area is 87.1 Å². The zero-order valence-corrected chi connectivity index (χ0v) is 8.56. The van der Waals surface area contributed by atoms with Crippen molar-refractivity contribution in [1.29, 1.82) is 0 Å². The van der Waals surface area contributed by atoms with E-state index in [2.05, 4.69) is 0 Å². The van der Waals surface area contributed by atoms with Gasteiger partial charge in [0.15, 0.2) is 0 Å². The summed E-state index contributed by atoms with van der Waals surface area (Å²) in [6, 6.07) is 3.44. The maximum atomic E-state index is 11.7. The summed E-state index contributed by atoms with van der Waals surface area (Å²) in [5.41, 5.74) is 6.45. The van der Waals surface area contributed by atoms with Crippen LogP contribution in [0.25, 0.3) is 0 Å². The first kappa shape index (κ1) is 11.5. The average molecular weight is 210 g/mol. The molecule has 3 N–H and O–H groups in total. The number of rotatable bonds is 4. The van der Waals surface area contributed by atoms with Crippen molar-refractivity contribution in [2.75, 3.05) is 0 Å². The van der Waals surface area contributed by atoms with Crippen LogP contribution < -0.4 is 11.3 Å². The molecule has 0 radical (unpaired) electrons. The number of nitrogens with two attached hydrogens (primary N) is 1. The normalized spacial score (nSPS) is 10.3. The second-order valence-corrected chi connectivity index (χ2v) is 3.30. The SMILES string of the molecule is Cc1ccc(CN)c(=O)n1CCC(=O)O. The van der Waals surface area contributed by atoms with Crippen molar-refractivity contribution in [3.05, 3.63) is 33.7 Å². The van der Waals surface area contributed by atoms with E-state index in [1.165, 1.54) is 4.57 Å². The summed E-state index contributed by atoms with van der Waals surface area (Å²) < 4.78 is 1.44. The van der Waals surface area contributed by atoms with Gasteiger partial charge in [0, 0.05) is 24.3 Å². The number of pyridine rings is 1. The Hall–Kier alpha value is -1.62. The molecule has 0 aromatic carbocycles. The van der Waals surface area contributed by atoms with E-state index in [1.807, 2.05) is 0 Å². The van der Waals surface area contributed by atoms with Gasteiger partial charge in [-0.05, 0) is 13.0 Å². The maximum Gasteiger partial charge on any atom is 0.305 e. The Bertz CT molecular complexity index is 423. The highest BCUT2D eigenvalue weighted by Crippen LogP contribution is 1.99. The number of nitrogens with zero attached hydrogens (tertiary/aromatic N) is 1. The lowest BCUT2D eigenvalue weighted by Crippen LogP contribution is -2.27. The lowest BCUT2D eigenvalue weighted by Gasteiger charge is -2.09. The van der Waals surface area contributed by atoms with Gasteiger partial charge in [0.1, 0.15) is 0 Å². The quantitative estimate of drug-likeness (QED) is 0.737. The van der Waals surface area contributed by atoms with Crippen molar-refractivity contribution in [3.63, 3.8) is 0 Å². The van der Waals surface area contributed by atoms with Crippen molar-refractivity contribution in [1.82, 2.24) is 4.57 Å². The second-order valence-electron chi connectivity index (χ2n) is 3.30. The molecule has 0 saturated carbocycles. The molecule has 0 bridgehead atoms. The van der Waals surface area contributed by atoms with Gasteiger partial charge >= 0.3 is 5.97 Å². The van der Waals surface area contributed by atoms with Crippen LogP contribution in [0.2, 0.25) is 0 Å². The van der Waals surface area contributed by atoms with Crippen molar-refractivity contribution >= 4 is 5.97 Å². The molecule has 0 aliphatic heterocycles. The number of aryl methyl sites for hydroxylation is 1. The Morgan fingerprint density at radius 3 is 2.73 bits per heavy atom. The van der Waals surface area contributed by atoms with Gasteiger partial charge < -0.3 is 15.4 Å². The molecule has 0 aliphatic rings. The van der Waals surface area contributed by atoms with Crippen molar-refractivity contribution < 1.29 is 9.90 Å². The van der Waals surface area contributed by atoms with Crippen LogP contribution in [0.1, 0.15) is 17.7 Å². The first-order valence-electron chi connectivity index (χ1n) is 4.67. The molecule has 1 aromatic heterocycles. The highest BCUT2D eigenvalue weighted by Gasteiger charge is 2.06. The molecule has 0 amide bonds. The van der Waals surface area contributed by atoms with Crippen molar-refractivity contribution in [2.24, 2.45) is 5.73 Å². The van der Waals surface area contributed by atoms with Gasteiger partial charge in [-0.2, -0.15) is 0 Å². The number of hydrogen-bond donors (Lipinski definition) is 2. The molecule has 0 spiro atoms. The largest absolute Gasteiger partial charge is 0.481 e. The third kappa shape index (κ3) is 2.66. The fourth-order valence-corrected chi connectivity index (χ4v) is 1.36. The summed E-state index contributed by atoms with van der Waals surface area (Å²) in [6.45, 7) is 2.13. The van der Waals surface area contributed by atoms with Crippen LogP contribution in [-0.4, -0.2) is 15.6 Å². The summed E-state index contributed by atoms with van der Waals surface area (Å²) in [4.78, 5) is 22.1. The lowest BCUT2D eigenvalue weighted by atomic mass is 10.2. The molecule has 1 rings (SSSR count). The van der Waals surface area contributed by atoms with E-state index in [1.54, 1.807) is 19.1 Å². The number of carbonyl (C=O) groups is 1. The molecule has 5 nitrogen and oxygen atoms in total. The average Bonchev–Trinajstić information content (AvgIpc) is 2.17. The zero-order chi connectivity index (χ0) is 11.4. The number of carboxylic acid groups (broad SMARTS) is 1. The molecule has 82 valence electrons. The summed E-state index contributed by atoms with van der Waals surface area (Å²) >= 11 is 0. The zero-order valence-electron chi connectivity index (χ0n) is 8.56. The summed E-state index contributed by atoms with van der Waals surface area (Å²) in [5.74, 6) is -0.917. The summed E-state index contributed by atoms with van der Waals surface area (Å²) in [5, 5.41) is 8.54. The van der Waals surface area contributed by atoms with Gasteiger partial charge in [0.05, 0.1) is 6.42 Å². The molecule has 15 heavy (non-hydrogen) atoms. The number of hydrogen-bond acceptors (Lipinski definition) is 3. The van der Waals surface area contributed by atoms with Gasteiger partial charge in [0.25, 0.3) is 5.56 Å². The first-order valence-corrected chi connectivity index (χ1v) is 4.67. The predicted octanol–water partition coefficient (Wildman–Crippen LogP) is 0.0901. The van der Waals surface area contributed by atoms with Crippen molar-refractivity contribution in [3.8, 4) is 0 Å². The molecule has 1 aromatic rings. The maximum absolute atomic E-state index is 11.7. The highest BCUT2D eigenvalue weighted by atomic mass is 16.4. The minimum atomic E-state index is -0.917. The monoisotopic (exact) mass is 210 g/mol. The Balaban J connectivity index is 3.04. The molecule has 1 heterocycles. The van der Waals surface area contributed by atoms with Gasteiger partial charge in [-0.25, -0.2) is 0 Å². The van der Waals surface area contributed by atoms with E-state index < -0.39 is 5.97 Å². The third-order valence-electron chi connectivity index (χ3n) is 2.24. The minimum Gasteiger partial charge on any atom is -0.481 e. The molecule has 0 atom stereocenters. The topological polar surface area (TPSA) is 85.3 Å². The van der Waals surface area contributed by atoms with Crippen LogP contribution in [-0.2, 0) is 17.9 Å². The second kappa shape index (κ2) is 4.75. The van der Waals surface area contributed by atoms with E-state index in [4.69, 9.17) is 10.8 Å². The molecule has 5 heteroatoms. The van der Waals surface area contributed by atoms with Crippen LogP contribution in [0.5, 0.6) is 0 Å². The number of carboxylic acids is 1. The standard InChI is InChI=1S/C10H14N2O3/c1-7-2-3-8(6-11)10(15)12(7)5-4-9(13)14/h2-3H,4-6,11H2,1H3,(H,13,14). The molecule has 0 unspecified atom stereocenters. The molecule has 0 aliphatic carbocycles. The fraction of sp³-hybridized carbons (Fsp3) is 0.400. The van der Waals surface area contributed by atoms with Gasteiger partial charge in [-0.3, -0.25) is 9.59 Å². The number of aromatic nitrogens is 1. The molecule has 0 saturated heterocycles. The van der Waals surface area contributed by atoms with Crippen LogP contribution in [0.4, 0.5) is 0 Å². The highest BCUT2D eigenvalue weighted by molar-refractivity contribution is 5.66. The van der Waals surface area contributed by atoms with Gasteiger partial charge in [-0.15, -0.1) is 0 Å². The van der Waals surface area contributed by atoms with Crippen LogP contribution in [0, 0.1) is 6.92 Å². The van der Waals surface area contributed by atoms with E-state index in [0.29, 0.717) is 5.56 Å². The minimum absolute atomic E-state index is 0.0607. The van der Waals surface area contributed by atoms with Crippen molar-refractivity contribution in [2.45, 2.75) is 26.4 Å². The third-order valence-corrected chi connectivity index (χ3v) is 2.24. The molecular weight excluding hydrogens is 196 g/mol. The van der Waals surface area contributed by atoms with Crippen LogP contribution in [0.15, 0.2) is 16.9 Å². The van der Waals surface area contributed by atoms with E-state index in [0.717, 1.165) is 5.69 Å². The van der Waals surface area contributed by atoms with Crippen LogP contribution >= 0.6 is 0 Å². The van der Waals surface area contributed by atoms with E-state index in [-0.39, 0.29) is 25.1 Å².